The number of hydrogen-bond donors (Lipinski definition) is 0. The third-order valence-corrected chi connectivity index (χ3v) is 6.13. The van der Waals surface area contributed by atoms with E-state index in [1.54, 1.807) is 17.2 Å². The minimum absolute atomic E-state index is 0.247. The maximum Gasteiger partial charge on any atom is 0.266 e. The molecule has 0 N–H and O–H groups in total. The molecule has 0 radical (unpaired) electrons. The van der Waals surface area contributed by atoms with Crippen LogP contribution in [-0.2, 0) is 14.4 Å². The Balaban J connectivity index is 1.50. The number of benzene rings is 3. The van der Waals surface area contributed by atoms with Crippen molar-refractivity contribution >= 4 is 23.2 Å². The SMILES string of the molecule is CCCCOc1ccc([C@H]2[C@@H]3C(=O)N(c4ccccc4)C(=O)[C@@H]3ON2c2ccccc2)cc1. The molecule has 6 nitrogen and oxygen atoms in total. The van der Waals surface area contributed by atoms with Gasteiger partial charge in [-0.15, -0.1) is 0 Å². The summed E-state index contributed by atoms with van der Waals surface area (Å²) in [5.41, 5.74) is 2.26. The molecule has 168 valence electrons. The number of carbonyl (C=O) groups is 2. The first kappa shape index (κ1) is 21.2. The number of hydrogen-bond acceptors (Lipinski definition) is 5. The second-order valence-corrected chi connectivity index (χ2v) is 8.28. The van der Waals surface area contributed by atoms with Gasteiger partial charge >= 0.3 is 0 Å². The maximum absolute atomic E-state index is 13.6. The molecule has 0 unspecified atom stereocenters. The molecule has 2 fully saturated rings. The Hall–Kier alpha value is -3.64. The van der Waals surface area contributed by atoms with Crippen molar-refractivity contribution in [3.8, 4) is 5.75 Å². The molecular weight excluding hydrogens is 416 g/mol. The number of carbonyl (C=O) groups excluding carboxylic acids is 2. The molecule has 0 spiro atoms. The zero-order chi connectivity index (χ0) is 22.8. The fourth-order valence-electron chi connectivity index (χ4n) is 4.48. The van der Waals surface area contributed by atoms with Crippen LogP contribution < -0.4 is 14.7 Å². The molecule has 5 rings (SSSR count). The van der Waals surface area contributed by atoms with Crippen LogP contribution in [-0.4, -0.2) is 24.5 Å². The Bertz CT molecular complexity index is 1120. The third-order valence-electron chi connectivity index (χ3n) is 6.13. The van der Waals surface area contributed by atoms with Gasteiger partial charge in [0.05, 0.1) is 24.0 Å². The van der Waals surface area contributed by atoms with Gasteiger partial charge in [0, 0.05) is 0 Å². The van der Waals surface area contributed by atoms with Crippen LogP contribution in [0.15, 0.2) is 84.9 Å². The summed E-state index contributed by atoms with van der Waals surface area (Å²) in [6.45, 7) is 2.79. The number of amides is 2. The van der Waals surface area contributed by atoms with E-state index in [2.05, 4.69) is 6.92 Å². The van der Waals surface area contributed by atoms with Gasteiger partial charge in [0.25, 0.3) is 5.91 Å². The van der Waals surface area contributed by atoms with Crippen molar-refractivity contribution in [1.82, 2.24) is 0 Å². The lowest BCUT2D eigenvalue weighted by Crippen LogP contribution is -2.37. The summed E-state index contributed by atoms with van der Waals surface area (Å²) in [4.78, 5) is 34.3. The fraction of sp³-hybridized carbons (Fsp3) is 0.259. The molecule has 3 aromatic carbocycles. The van der Waals surface area contributed by atoms with Crippen molar-refractivity contribution in [2.45, 2.75) is 31.9 Å². The van der Waals surface area contributed by atoms with Crippen LogP contribution in [0.2, 0.25) is 0 Å². The summed E-state index contributed by atoms with van der Waals surface area (Å²) in [5.74, 6) is -0.444. The first-order chi connectivity index (χ1) is 16.2. The Labute approximate surface area is 193 Å². The van der Waals surface area contributed by atoms with Crippen LogP contribution in [0.3, 0.4) is 0 Å². The highest BCUT2D eigenvalue weighted by atomic mass is 16.7. The Morgan fingerprint density at radius 1 is 0.818 bits per heavy atom. The van der Waals surface area contributed by atoms with E-state index in [0.29, 0.717) is 12.3 Å². The van der Waals surface area contributed by atoms with Crippen LogP contribution >= 0.6 is 0 Å². The second-order valence-electron chi connectivity index (χ2n) is 8.28. The topological polar surface area (TPSA) is 59.1 Å². The van der Waals surface area contributed by atoms with Gasteiger partial charge < -0.3 is 4.74 Å². The fourth-order valence-corrected chi connectivity index (χ4v) is 4.48. The van der Waals surface area contributed by atoms with Crippen LogP contribution in [0, 0.1) is 5.92 Å². The molecule has 3 aromatic rings. The van der Waals surface area contributed by atoms with Gasteiger partial charge in [-0.05, 0) is 48.4 Å². The summed E-state index contributed by atoms with van der Waals surface area (Å²) >= 11 is 0. The summed E-state index contributed by atoms with van der Waals surface area (Å²) in [6.07, 6.45) is 1.19. The molecule has 0 aliphatic carbocycles. The maximum atomic E-state index is 13.6. The van der Waals surface area contributed by atoms with Crippen LogP contribution in [0.5, 0.6) is 5.75 Å². The van der Waals surface area contributed by atoms with Gasteiger partial charge in [-0.3, -0.25) is 14.4 Å². The molecule has 0 aromatic heterocycles. The number of ether oxygens (including phenoxy) is 1. The van der Waals surface area contributed by atoms with E-state index in [1.165, 1.54) is 4.90 Å². The summed E-state index contributed by atoms with van der Waals surface area (Å²) < 4.78 is 5.80. The number of fused-ring (bicyclic) bond motifs is 1. The first-order valence-electron chi connectivity index (χ1n) is 11.4. The van der Waals surface area contributed by atoms with E-state index in [-0.39, 0.29) is 11.8 Å². The largest absolute Gasteiger partial charge is 0.494 e. The monoisotopic (exact) mass is 442 g/mol. The van der Waals surface area contributed by atoms with E-state index in [4.69, 9.17) is 9.57 Å². The Kier molecular flexibility index (Phi) is 5.84. The number of imide groups is 1. The van der Waals surface area contributed by atoms with Crippen molar-refractivity contribution in [3.63, 3.8) is 0 Å². The predicted octanol–water partition coefficient (Wildman–Crippen LogP) is 4.92. The van der Waals surface area contributed by atoms with Gasteiger partial charge in [0.2, 0.25) is 5.91 Å². The van der Waals surface area contributed by atoms with Crippen molar-refractivity contribution in [1.29, 1.82) is 0 Å². The lowest BCUT2D eigenvalue weighted by atomic mass is 9.90. The molecule has 6 heteroatoms. The number of anilines is 2. The van der Waals surface area contributed by atoms with Crippen LogP contribution in [0.4, 0.5) is 11.4 Å². The van der Waals surface area contributed by atoms with Crippen molar-refractivity contribution in [3.05, 3.63) is 90.5 Å². The summed E-state index contributed by atoms with van der Waals surface area (Å²) in [5, 5.41) is 1.71. The number of hydroxylamine groups is 1. The molecule has 2 amide bonds. The standard InChI is InChI=1S/C27H26N2O4/c1-2-3-18-32-22-16-14-19(15-17-22)24-23-25(33-29(24)21-12-8-5-9-13-21)27(31)28(26(23)30)20-10-6-4-7-11-20/h4-17,23-25H,2-3,18H2,1H3/t23-,24-,25+/m0/s1. The van der Waals surface area contributed by atoms with Crippen molar-refractivity contribution in [2.75, 3.05) is 16.6 Å². The first-order valence-corrected chi connectivity index (χ1v) is 11.4. The molecule has 2 saturated heterocycles. The number of rotatable bonds is 7. The minimum atomic E-state index is -0.872. The van der Waals surface area contributed by atoms with Crippen LogP contribution in [0.1, 0.15) is 31.4 Å². The van der Waals surface area contributed by atoms with Gasteiger partial charge in [-0.1, -0.05) is 61.9 Å². The highest BCUT2D eigenvalue weighted by Crippen LogP contribution is 2.47. The number of para-hydroxylation sites is 2. The zero-order valence-electron chi connectivity index (χ0n) is 18.5. The van der Waals surface area contributed by atoms with E-state index in [1.807, 2.05) is 72.8 Å². The van der Waals surface area contributed by atoms with Crippen molar-refractivity contribution < 1.29 is 19.2 Å². The summed E-state index contributed by atoms with van der Waals surface area (Å²) in [7, 11) is 0. The summed E-state index contributed by atoms with van der Waals surface area (Å²) in [6, 6.07) is 25.9. The quantitative estimate of drug-likeness (QED) is 0.384. The lowest BCUT2D eigenvalue weighted by molar-refractivity contribution is -0.126. The molecule has 0 saturated carbocycles. The molecule has 2 aliphatic rings. The molecule has 2 heterocycles. The van der Waals surface area contributed by atoms with E-state index in [9.17, 15) is 9.59 Å². The van der Waals surface area contributed by atoms with Gasteiger partial charge in [0.1, 0.15) is 11.7 Å². The molecule has 3 atom stereocenters. The van der Waals surface area contributed by atoms with Gasteiger partial charge in [-0.2, -0.15) is 0 Å². The molecule has 33 heavy (non-hydrogen) atoms. The Morgan fingerprint density at radius 3 is 2.09 bits per heavy atom. The van der Waals surface area contributed by atoms with Gasteiger partial charge in [-0.25, -0.2) is 9.96 Å². The van der Waals surface area contributed by atoms with Gasteiger partial charge in [0.15, 0.2) is 6.10 Å². The molecule has 2 aliphatic heterocycles. The number of unbranched alkanes of at least 4 members (excludes halogenated alkanes) is 1. The second kappa shape index (κ2) is 9.08. The average molecular weight is 443 g/mol. The average Bonchev–Trinajstić information content (AvgIpc) is 3.37. The molecular formula is C27H26N2O4. The number of nitrogens with zero attached hydrogens (tertiary/aromatic N) is 2. The minimum Gasteiger partial charge on any atom is -0.494 e. The zero-order valence-corrected chi connectivity index (χ0v) is 18.5. The highest BCUT2D eigenvalue weighted by Gasteiger charge is 2.60. The van der Waals surface area contributed by atoms with E-state index < -0.39 is 18.1 Å². The molecule has 0 bridgehead atoms. The van der Waals surface area contributed by atoms with E-state index >= 15 is 0 Å². The highest BCUT2D eigenvalue weighted by molar-refractivity contribution is 6.23. The van der Waals surface area contributed by atoms with Crippen LogP contribution in [0.25, 0.3) is 0 Å². The third kappa shape index (κ3) is 3.87. The Morgan fingerprint density at radius 2 is 1.45 bits per heavy atom. The van der Waals surface area contributed by atoms with Crippen molar-refractivity contribution in [2.24, 2.45) is 5.92 Å². The predicted molar refractivity (Wildman–Crippen MR) is 126 cm³/mol. The van der Waals surface area contributed by atoms with E-state index in [0.717, 1.165) is 29.8 Å². The normalized spacial score (nSPS) is 22.0. The lowest BCUT2D eigenvalue weighted by Gasteiger charge is -2.28. The smallest absolute Gasteiger partial charge is 0.266 e.